The van der Waals surface area contributed by atoms with Crippen LogP contribution in [0.4, 0.5) is 5.69 Å². The number of rotatable bonds is 6. The monoisotopic (exact) mass is 375 g/mol. The Bertz CT molecular complexity index is 952. The largest absolute Gasteiger partial charge is 0.495 e. The van der Waals surface area contributed by atoms with Crippen LogP contribution in [0.5, 0.6) is 5.75 Å². The third kappa shape index (κ3) is 4.57. The smallest absolute Gasteiger partial charge is 0.338 e. The van der Waals surface area contributed by atoms with Gasteiger partial charge in [0.05, 0.1) is 18.4 Å². The molecular formula is C23H21NO4. The predicted molar refractivity (Wildman–Crippen MR) is 108 cm³/mol. The van der Waals surface area contributed by atoms with Crippen molar-refractivity contribution < 1.29 is 19.1 Å². The highest BCUT2D eigenvalue weighted by atomic mass is 16.5. The molecule has 1 amide bonds. The summed E-state index contributed by atoms with van der Waals surface area (Å²) in [5.74, 6) is -0.452. The van der Waals surface area contributed by atoms with Crippen LogP contribution in [0, 0.1) is 0 Å². The van der Waals surface area contributed by atoms with Gasteiger partial charge in [0.1, 0.15) is 5.75 Å². The van der Waals surface area contributed by atoms with E-state index < -0.39 is 18.0 Å². The highest BCUT2D eigenvalue weighted by molar-refractivity contribution is 5.98. The zero-order valence-electron chi connectivity index (χ0n) is 15.7. The van der Waals surface area contributed by atoms with Gasteiger partial charge in [0.25, 0.3) is 5.91 Å². The number of ether oxygens (including phenoxy) is 2. The molecule has 142 valence electrons. The number of anilines is 1. The van der Waals surface area contributed by atoms with Gasteiger partial charge < -0.3 is 14.8 Å². The molecule has 3 rings (SSSR count). The summed E-state index contributed by atoms with van der Waals surface area (Å²) in [6.07, 6.45) is -0.953. The number of methoxy groups -OCH3 is 1. The van der Waals surface area contributed by atoms with Crippen LogP contribution in [0.2, 0.25) is 0 Å². The Balaban J connectivity index is 1.63. The minimum atomic E-state index is -0.953. The zero-order valence-corrected chi connectivity index (χ0v) is 15.7. The Hall–Kier alpha value is -3.60. The number of amides is 1. The van der Waals surface area contributed by atoms with Crippen molar-refractivity contribution in [2.24, 2.45) is 0 Å². The summed E-state index contributed by atoms with van der Waals surface area (Å²) in [4.78, 5) is 24.7. The molecule has 0 aliphatic carbocycles. The number of benzene rings is 3. The maximum atomic E-state index is 12.4. The summed E-state index contributed by atoms with van der Waals surface area (Å²) in [5.41, 5.74) is 2.97. The fourth-order valence-electron chi connectivity index (χ4n) is 2.69. The summed E-state index contributed by atoms with van der Waals surface area (Å²) in [6, 6.07) is 24.0. The summed E-state index contributed by atoms with van der Waals surface area (Å²) >= 11 is 0. The minimum absolute atomic E-state index is 0.386. The van der Waals surface area contributed by atoms with E-state index in [1.165, 1.54) is 14.0 Å². The quantitative estimate of drug-likeness (QED) is 0.642. The van der Waals surface area contributed by atoms with Crippen molar-refractivity contribution in [3.05, 3.63) is 84.4 Å². The van der Waals surface area contributed by atoms with Crippen LogP contribution in [0.3, 0.4) is 0 Å². The second-order valence-corrected chi connectivity index (χ2v) is 6.18. The van der Waals surface area contributed by atoms with Gasteiger partial charge in [-0.3, -0.25) is 4.79 Å². The van der Waals surface area contributed by atoms with Crippen LogP contribution in [-0.2, 0) is 9.53 Å². The standard InChI is InChI=1S/C23H21NO4/c1-16(22(25)24-20-10-6-7-11-21(20)27-2)28-23(26)19-14-12-18(13-15-19)17-8-4-3-5-9-17/h3-16H,1-2H3,(H,24,25). The first-order chi connectivity index (χ1) is 13.6. The van der Waals surface area contributed by atoms with Crippen molar-refractivity contribution in [3.63, 3.8) is 0 Å². The molecular weight excluding hydrogens is 354 g/mol. The van der Waals surface area contributed by atoms with Gasteiger partial charge in [0, 0.05) is 0 Å². The summed E-state index contributed by atoms with van der Waals surface area (Å²) in [7, 11) is 1.52. The molecule has 28 heavy (non-hydrogen) atoms. The fourth-order valence-corrected chi connectivity index (χ4v) is 2.69. The molecule has 1 unspecified atom stereocenters. The number of para-hydroxylation sites is 2. The van der Waals surface area contributed by atoms with Crippen LogP contribution < -0.4 is 10.1 Å². The number of carbonyl (C=O) groups is 2. The van der Waals surface area contributed by atoms with Gasteiger partial charge >= 0.3 is 5.97 Å². The van der Waals surface area contributed by atoms with E-state index in [4.69, 9.17) is 9.47 Å². The summed E-state index contributed by atoms with van der Waals surface area (Å²) in [5, 5.41) is 2.71. The number of hydrogen-bond acceptors (Lipinski definition) is 4. The molecule has 1 N–H and O–H groups in total. The zero-order chi connectivity index (χ0) is 19.9. The molecule has 5 heteroatoms. The maximum Gasteiger partial charge on any atom is 0.338 e. The predicted octanol–water partition coefficient (Wildman–Crippen LogP) is 4.55. The second kappa shape index (κ2) is 8.86. The molecule has 3 aromatic rings. The average Bonchev–Trinajstić information content (AvgIpc) is 2.74. The van der Waals surface area contributed by atoms with Crippen molar-refractivity contribution in [2.45, 2.75) is 13.0 Å². The number of carbonyl (C=O) groups excluding carboxylic acids is 2. The van der Waals surface area contributed by atoms with Gasteiger partial charge in [-0.1, -0.05) is 54.6 Å². The Morgan fingerprint density at radius 2 is 1.43 bits per heavy atom. The summed E-state index contributed by atoms with van der Waals surface area (Å²) in [6.45, 7) is 1.53. The first-order valence-corrected chi connectivity index (χ1v) is 8.89. The molecule has 1 atom stereocenters. The van der Waals surface area contributed by atoms with Gasteiger partial charge in [-0.2, -0.15) is 0 Å². The molecule has 0 aliphatic rings. The van der Waals surface area contributed by atoms with E-state index in [2.05, 4.69) is 5.32 Å². The van der Waals surface area contributed by atoms with E-state index in [0.717, 1.165) is 11.1 Å². The van der Waals surface area contributed by atoms with Crippen molar-refractivity contribution in [3.8, 4) is 16.9 Å². The van der Waals surface area contributed by atoms with Crippen LogP contribution in [0.25, 0.3) is 11.1 Å². The lowest BCUT2D eigenvalue weighted by Crippen LogP contribution is -2.30. The highest BCUT2D eigenvalue weighted by Crippen LogP contribution is 2.23. The molecule has 0 bridgehead atoms. The molecule has 0 saturated heterocycles. The average molecular weight is 375 g/mol. The number of esters is 1. The molecule has 0 fully saturated rings. The van der Waals surface area contributed by atoms with E-state index in [1.54, 1.807) is 36.4 Å². The SMILES string of the molecule is COc1ccccc1NC(=O)C(C)OC(=O)c1ccc(-c2ccccc2)cc1. The van der Waals surface area contributed by atoms with E-state index in [1.807, 2.05) is 42.5 Å². The summed E-state index contributed by atoms with van der Waals surface area (Å²) < 4.78 is 10.5. The minimum Gasteiger partial charge on any atom is -0.495 e. The van der Waals surface area contributed by atoms with Gasteiger partial charge in [-0.15, -0.1) is 0 Å². The molecule has 0 heterocycles. The van der Waals surface area contributed by atoms with Crippen molar-refractivity contribution in [1.29, 1.82) is 0 Å². The molecule has 0 saturated carbocycles. The lowest BCUT2D eigenvalue weighted by Gasteiger charge is -2.15. The normalized spacial score (nSPS) is 11.4. The van der Waals surface area contributed by atoms with Crippen molar-refractivity contribution >= 4 is 17.6 Å². The van der Waals surface area contributed by atoms with Crippen LogP contribution in [-0.4, -0.2) is 25.1 Å². The highest BCUT2D eigenvalue weighted by Gasteiger charge is 2.20. The first-order valence-electron chi connectivity index (χ1n) is 8.89. The number of nitrogens with one attached hydrogen (secondary N) is 1. The Labute approximate surface area is 163 Å². The van der Waals surface area contributed by atoms with E-state index in [-0.39, 0.29) is 0 Å². The number of hydrogen-bond donors (Lipinski definition) is 1. The third-order valence-electron chi connectivity index (χ3n) is 4.25. The third-order valence-corrected chi connectivity index (χ3v) is 4.25. The van der Waals surface area contributed by atoms with Gasteiger partial charge in [0.15, 0.2) is 6.10 Å². The molecule has 3 aromatic carbocycles. The topological polar surface area (TPSA) is 64.6 Å². The van der Waals surface area contributed by atoms with Crippen molar-refractivity contribution in [1.82, 2.24) is 0 Å². The van der Waals surface area contributed by atoms with Gasteiger partial charge in [0.2, 0.25) is 0 Å². The Morgan fingerprint density at radius 3 is 2.11 bits per heavy atom. The molecule has 0 aliphatic heterocycles. The van der Waals surface area contributed by atoms with Gasteiger partial charge in [-0.25, -0.2) is 4.79 Å². The van der Waals surface area contributed by atoms with Crippen LogP contribution in [0.15, 0.2) is 78.9 Å². The fraction of sp³-hybridized carbons (Fsp3) is 0.130. The maximum absolute atomic E-state index is 12.4. The molecule has 5 nitrogen and oxygen atoms in total. The lowest BCUT2D eigenvalue weighted by molar-refractivity contribution is -0.123. The molecule has 0 spiro atoms. The first kappa shape index (κ1) is 19.2. The van der Waals surface area contributed by atoms with E-state index >= 15 is 0 Å². The Kier molecular flexibility index (Phi) is 6.07. The second-order valence-electron chi connectivity index (χ2n) is 6.18. The Morgan fingerprint density at radius 1 is 0.821 bits per heavy atom. The van der Waals surface area contributed by atoms with Gasteiger partial charge in [-0.05, 0) is 42.3 Å². The van der Waals surface area contributed by atoms with Crippen LogP contribution in [0.1, 0.15) is 17.3 Å². The molecule has 0 radical (unpaired) electrons. The van der Waals surface area contributed by atoms with Crippen LogP contribution >= 0.6 is 0 Å². The lowest BCUT2D eigenvalue weighted by atomic mass is 10.0. The molecule has 0 aromatic heterocycles. The van der Waals surface area contributed by atoms with E-state index in [0.29, 0.717) is 17.0 Å². The van der Waals surface area contributed by atoms with E-state index in [9.17, 15) is 9.59 Å². The van der Waals surface area contributed by atoms with Crippen molar-refractivity contribution in [2.75, 3.05) is 12.4 Å².